The fraction of sp³-hybridized carbons (Fsp3) is 0.333. The zero-order chi connectivity index (χ0) is 15.6. The molecule has 2 aromatic rings. The lowest BCUT2D eigenvalue weighted by atomic mass is 10.0. The van der Waals surface area contributed by atoms with E-state index in [9.17, 15) is 8.42 Å². The molecule has 2 rings (SSSR count). The van der Waals surface area contributed by atoms with Gasteiger partial charge in [-0.3, -0.25) is 0 Å². The largest absolute Gasteiger partial charge is 0.481 e. The van der Waals surface area contributed by atoms with Crippen LogP contribution in [0.3, 0.4) is 0 Å². The van der Waals surface area contributed by atoms with Gasteiger partial charge in [-0.2, -0.15) is 0 Å². The van der Waals surface area contributed by atoms with E-state index in [1.54, 1.807) is 19.1 Å². The van der Waals surface area contributed by atoms with Crippen molar-refractivity contribution < 1.29 is 17.9 Å². The molecule has 0 aliphatic rings. The molecule has 1 aromatic carbocycles. The van der Waals surface area contributed by atoms with Gasteiger partial charge in [0.05, 0.1) is 10.9 Å². The smallest absolute Gasteiger partial charge is 0.281 e. The Morgan fingerprint density at radius 3 is 2.14 bits per heavy atom. The monoisotopic (exact) mass is 309 g/mol. The molecule has 0 saturated heterocycles. The zero-order valence-corrected chi connectivity index (χ0v) is 13.0. The van der Waals surface area contributed by atoms with Crippen molar-refractivity contribution in [2.24, 2.45) is 0 Å². The molecular weight excluding hydrogens is 290 g/mol. The van der Waals surface area contributed by atoms with E-state index in [0.717, 1.165) is 5.56 Å². The standard InChI is InChI=1S/C15H19NO4S/c1-10(2)12-4-6-13(7-5-12)21(18,19)16-11(3)14-8-9-15(17)20-14/h4-11,16-17H,1-3H3. The first kappa shape index (κ1) is 15.6. The Labute approximate surface area is 124 Å². The second-order valence-electron chi connectivity index (χ2n) is 5.24. The van der Waals surface area contributed by atoms with Crippen LogP contribution >= 0.6 is 0 Å². The molecule has 0 fully saturated rings. The van der Waals surface area contributed by atoms with Gasteiger partial charge in [0.25, 0.3) is 5.95 Å². The first-order chi connectivity index (χ1) is 9.79. The summed E-state index contributed by atoms with van der Waals surface area (Å²) in [5.74, 6) is 0.465. The van der Waals surface area contributed by atoms with Gasteiger partial charge in [0.2, 0.25) is 10.0 Å². The molecule has 1 atom stereocenters. The Balaban J connectivity index is 2.18. The fourth-order valence-corrected chi connectivity index (χ4v) is 3.18. The highest BCUT2D eigenvalue weighted by Crippen LogP contribution is 2.23. The molecule has 5 nitrogen and oxygen atoms in total. The Morgan fingerprint density at radius 1 is 1.05 bits per heavy atom. The maximum atomic E-state index is 12.3. The van der Waals surface area contributed by atoms with Crippen LogP contribution in [0.2, 0.25) is 0 Å². The number of hydrogen-bond acceptors (Lipinski definition) is 4. The fourth-order valence-electron chi connectivity index (χ4n) is 1.97. The number of hydrogen-bond donors (Lipinski definition) is 2. The lowest BCUT2D eigenvalue weighted by Gasteiger charge is -2.13. The van der Waals surface area contributed by atoms with Crippen molar-refractivity contribution in [3.05, 3.63) is 47.7 Å². The molecule has 6 heteroatoms. The van der Waals surface area contributed by atoms with Crippen molar-refractivity contribution in [3.8, 4) is 5.95 Å². The highest BCUT2D eigenvalue weighted by Gasteiger charge is 2.20. The molecule has 21 heavy (non-hydrogen) atoms. The van der Waals surface area contributed by atoms with Gasteiger partial charge in [0, 0.05) is 6.07 Å². The normalized spacial score (nSPS) is 13.5. The number of furan rings is 1. The summed E-state index contributed by atoms with van der Waals surface area (Å²) in [7, 11) is -3.63. The summed E-state index contributed by atoms with van der Waals surface area (Å²) < 4.78 is 32.1. The molecule has 0 aliphatic heterocycles. The molecule has 2 N–H and O–H groups in total. The highest BCUT2D eigenvalue weighted by atomic mass is 32.2. The second-order valence-corrected chi connectivity index (χ2v) is 6.96. The number of sulfonamides is 1. The maximum absolute atomic E-state index is 12.3. The summed E-state index contributed by atoms with van der Waals surface area (Å²) in [6, 6.07) is 9.13. The van der Waals surface area contributed by atoms with Crippen LogP contribution in [0.4, 0.5) is 0 Å². The van der Waals surface area contributed by atoms with Gasteiger partial charge in [-0.05, 0) is 36.6 Å². The van der Waals surface area contributed by atoms with Crippen LogP contribution in [0.15, 0.2) is 45.7 Å². The van der Waals surface area contributed by atoms with Crippen LogP contribution in [0.1, 0.15) is 44.1 Å². The van der Waals surface area contributed by atoms with Crippen LogP contribution in [-0.2, 0) is 10.0 Å². The van der Waals surface area contributed by atoms with E-state index in [-0.39, 0.29) is 10.8 Å². The second kappa shape index (κ2) is 5.91. The molecule has 0 spiro atoms. The third-order valence-electron chi connectivity index (χ3n) is 3.23. The van der Waals surface area contributed by atoms with Crippen LogP contribution in [0.5, 0.6) is 5.95 Å². The average molecular weight is 309 g/mol. The first-order valence-corrected chi connectivity index (χ1v) is 8.19. The number of rotatable bonds is 5. The third kappa shape index (κ3) is 3.65. The molecule has 0 amide bonds. The van der Waals surface area contributed by atoms with E-state index in [1.807, 2.05) is 26.0 Å². The van der Waals surface area contributed by atoms with Crippen LogP contribution in [-0.4, -0.2) is 13.5 Å². The minimum atomic E-state index is -3.63. The summed E-state index contributed by atoms with van der Waals surface area (Å²) in [6.45, 7) is 5.75. The summed E-state index contributed by atoms with van der Waals surface area (Å²) in [4.78, 5) is 0.203. The maximum Gasteiger partial charge on any atom is 0.281 e. The van der Waals surface area contributed by atoms with Crippen molar-refractivity contribution >= 4 is 10.0 Å². The van der Waals surface area contributed by atoms with Gasteiger partial charge in [-0.15, -0.1) is 0 Å². The van der Waals surface area contributed by atoms with Crippen molar-refractivity contribution in [2.75, 3.05) is 0 Å². The van der Waals surface area contributed by atoms with Crippen molar-refractivity contribution in [1.82, 2.24) is 4.72 Å². The Hall–Kier alpha value is -1.79. The van der Waals surface area contributed by atoms with E-state index in [4.69, 9.17) is 9.52 Å². The molecule has 1 heterocycles. The number of aromatic hydroxyl groups is 1. The molecule has 0 saturated carbocycles. The zero-order valence-electron chi connectivity index (χ0n) is 12.2. The molecule has 0 radical (unpaired) electrons. The van der Waals surface area contributed by atoms with Gasteiger partial charge < -0.3 is 9.52 Å². The van der Waals surface area contributed by atoms with Gasteiger partial charge in [0.15, 0.2) is 0 Å². The van der Waals surface area contributed by atoms with E-state index >= 15 is 0 Å². The summed E-state index contributed by atoms with van der Waals surface area (Å²) in [6.07, 6.45) is 0. The van der Waals surface area contributed by atoms with Gasteiger partial charge in [-0.25, -0.2) is 13.1 Å². The molecule has 0 bridgehead atoms. The number of benzene rings is 1. The molecule has 1 aromatic heterocycles. The predicted molar refractivity (Wildman–Crippen MR) is 79.6 cm³/mol. The van der Waals surface area contributed by atoms with E-state index in [0.29, 0.717) is 11.7 Å². The van der Waals surface area contributed by atoms with Crippen LogP contribution in [0, 0.1) is 0 Å². The quantitative estimate of drug-likeness (QED) is 0.889. The molecule has 1 unspecified atom stereocenters. The first-order valence-electron chi connectivity index (χ1n) is 6.70. The summed E-state index contributed by atoms with van der Waals surface area (Å²) in [5, 5.41) is 9.16. The summed E-state index contributed by atoms with van der Waals surface area (Å²) >= 11 is 0. The Kier molecular flexibility index (Phi) is 4.39. The van der Waals surface area contributed by atoms with Gasteiger partial charge in [0.1, 0.15) is 5.76 Å². The molecule has 114 valence electrons. The van der Waals surface area contributed by atoms with E-state index in [2.05, 4.69) is 4.72 Å². The van der Waals surface area contributed by atoms with Crippen molar-refractivity contribution in [2.45, 2.75) is 37.6 Å². The predicted octanol–water partition coefficient (Wildman–Crippen LogP) is 3.15. The third-order valence-corrected chi connectivity index (χ3v) is 4.78. The lowest BCUT2D eigenvalue weighted by Crippen LogP contribution is -2.26. The lowest BCUT2D eigenvalue weighted by molar-refractivity contribution is 0.309. The Morgan fingerprint density at radius 2 is 1.67 bits per heavy atom. The summed E-state index contributed by atoms with van der Waals surface area (Å²) in [5.41, 5.74) is 1.08. The minimum Gasteiger partial charge on any atom is -0.481 e. The minimum absolute atomic E-state index is 0.203. The SMILES string of the molecule is CC(C)c1ccc(S(=O)(=O)NC(C)c2ccc(O)o2)cc1. The van der Waals surface area contributed by atoms with Gasteiger partial charge >= 0.3 is 0 Å². The highest BCUT2D eigenvalue weighted by molar-refractivity contribution is 7.89. The van der Waals surface area contributed by atoms with Crippen LogP contribution < -0.4 is 4.72 Å². The topological polar surface area (TPSA) is 79.5 Å². The molecular formula is C15H19NO4S. The van der Waals surface area contributed by atoms with E-state index < -0.39 is 16.1 Å². The van der Waals surface area contributed by atoms with Crippen LogP contribution in [0.25, 0.3) is 0 Å². The Bertz CT molecular complexity index is 702. The van der Waals surface area contributed by atoms with Gasteiger partial charge in [-0.1, -0.05) is 26.0 Å². The average Bonchev–Trinajstić information content (AvgIpc) is 2.85. The number of nitrogens with one attached hydrogen (secondary N) is 1. The van der Waals surface area contributed by atoms with Crippen molar-refractivity contribution in [3.63, 3.8) is 0 Å². The van der Waals surface area contributed by atoms with Crippen molar-refractivity contribution in [1.29, 1.82) is 0 Å². The van der Waals surface area contributed by atoms with E-state index in [1.165, 1.54) is 12.1 Å². The molecule has 0 aliphatic carbocycles.